The molecule has 5 heteroatoms. The van der Waals surface area contributed by atoms with Crippen LogP contribution in [0.4, 0.5) is 0 Å². The molecule has 0 aromatic heterocycles. The van der Waals surface area contributed by atoms with Crippen LogP contribution >= 0.6 is 0 Å². The zero-order chi connectivity index (χ0) is 19.9. The average Bonchev–Trinajstić information content (AvgIpc) is 3.41. The van der Waals surface area contributed by atoms with Gasteiger partial charge < -0.3 is 19.5 Å². The first-order chi connectivity index (χ1) is 13.5. The second kappa shape index (κ2) is 7.58. The van der Waals surface area contributed by atoms with E-state index in [9.17, 15) is 9.90 Å². The first-order valence-electron chi connectivity index (χ1n) is 10.7. The maximum atomic E-state index is 13.8. The van der Waals surface area contributed by atoms with E-state index < -0.39 is 5.41 Å². The molecule has 0 radical (unpaired) electrons. The third-order valence-electron chi connectivity index (χ3n) is 7.64. The molecule has 5 nitrogen and oxygen atoms in total. The first-order valence-corrected chi connectivity index (χ1v) is 10.7. The number of aliphatic hydroxyl groups is 1. The number of carbonyl (C=O) groups is 1. The van der Waals surface area contributed by atoms with Crippen LogP contribution in [0.1, 0.15) is 56.9 Å². The maximum absolute atomic E-state index is 13.8. The Labute approximate surface area is 168 Å². The van der Waals surface area contributed by atoms with Crippen molar-refractivity contribution >= 4 is 5.91 Å². The van der Waals surface area contributed by atoms with Crippen molar-refractivity contribution in [3.05, 3.63) is 23.8 Å². The van der Waals surface area contributed by atoms with Crippen LogP contribution < -0.4 is 9.47 Å². The molecule has 4 rings (SSSR count). The van der Waals surface area contributed by atoms with E-state index in [0.717, 1.165) is 56.9 Å². The molecule has 154 valence electrons. The highest BCUT2D eigenvalue weighted by atomic mass is 16.5. The standard InChI is InChI=1S/C23H33NO4/c1-24(18-10-15-12-19(25)13-16(15)11-18)22(26)23(8-4-5-9-23)17-6-7-20(27-2)21(14-17)28-3/h6-7,14-16,18-19,25H,4-5,8-13H2,1-3H3/t15-,16+,18?,19?. The van der Waals surface area contributed by atoms with Crippen molar-refractivity contribution in [3.8, 4) is 11.5 Å². The van der Waals surface area contributed by atoms with E-state index in [0.29, 0.717) is 29.4 Å². The monoisotopic (exact) mass is 387 g/mol. The molecule has 1 N–H and O–H groups in total. The number of hydrogen-bond acceptors (Lipinski definition) is 4. The van der Waals surface area contributed by atoms with Gasteiger partial charge in [0.15, 0.2) is 11.5 Å². The lowest BCUT2D eigenvalue weighted by atomic mass is 9.77. The smallest absolute Gasteiger partial charge is 0.233 e. The summed E-state index contributed by atoms with van der Waals surface area (Å²) in [6.45, 7) is 0. The van der Waals surface area contributed by atoms with Crippen molar-refractivity contribution in [2.45, 2.75) is 68.9 Å². The van der Waals surface area contributed by atoms with Gasteiger partial charge in [-0.2, -0.15) is 0 Å². The summed E-state index contributed by atoms with van der Waals surface area (Å²) in [6, 6.07) is 6.25. The van der Waals surface area contributed by atoms with E-state index in [-0.39, 0.29) is 12.0 Å². The number of rotatable bonds is 5. The van der Waals surface area contributed by atoms with Gasteiger partial charge >= 0.3 is 0 Å². The summed E-state index contributed by atoms with van der Waals surface area (Å²) in [6.07, 6.45) is 7.69. The Morgan fingerprint density at radius 2 is 1.64 bits per heavy atom. The number of aliphatic hydroxyl groups excluding tert-OH is 1. The van der Waals surface area contributed by atoms with Gasteiger partial charge in [0.1, 0.15) is 0 Å². The molecule has 0 bridgehead atoms. The van der Waals surface area contributed by atoms with Crippen LogP contribution in [0.25, 0.3) is 0 Å². The summed E-state index contributed by atoms with van der Waals surface area (Å²) in [5.41, 5.74) is 0.596. The second-order valence-electron chi connectivity index (χ2n) is 9.05. The third-order valence-corrected chi connectivity index (χ3v) is 7.64. The number of benzene rings is 1. The summed E-state index contributed by atoms with van der Waals surface area (Å²) in [5, 5.41) is 9.92. The fourth-order valence-corrected chi connectivity index (χ4v) is 6.11. The fourth-order valence-electron chi connectivity index (χ4n) is 6.11. The molecule has 3 aliphatic rings. The lowest BCUT2D eigenvalue weighted by molar-refractivity contribution is -0.138. The van der Waals surface area contributed by atoms with Gasteiger partial charge in [-0.15, -0.1) is 0 Å². The minimum atomic E-state index is -0.453. The lowest BCUT2D eigenvalue weighted by Crippen LogP contribution is -2.47. The summed E-state index contributed by atoms with van der Waals surface area (Å²) in [7, 11) is 5.27. The van der Waals surface area contributed by atoms with E-state index in [2.05, 4.69) is 0 Å². The molecule has 28 heavy (non-hydrogen) atoms. The van der Waals surface area contributed by atoms with Crippen LogP contribution in [0.3, 0.4) is 0 Å². The number of fused-ring (bicyclic) bond motifs is 1. The Kier molecular flexibility index (Phi) is 5.30. The highest BCUT2D eigenvalue weighted by molar-refractivity contribution is 5.89. The number of methoxy groups -OCH3 is 2. The van der Waals surface area contributed by atoms with E-state index in [1.54, 1.807) is 14.2 Å². The Morgan fingerprint density at radius 1 is 1.04 bits per heavy atom. The van der Waals surface area contributed by atoms with Gasteiger partial charge in [-0.05, 0) is 68.1 Å². The second-order valence-corrected chi connectivity index (χ2v) is 9.05. The molecule has 0 heterocycles. The molecule has 3 fully saturated rings. The number of likely N-dealkylation sites (N-methyl/N-ethyl adjacent to an activating group) is 1. The largest absolute Gasteiger partial charge is 0.493 e. The van der Waals surface area contributed by atoms with Gasteiger partial charge in [0.05, 0.1) is 25.7 Å². The molecule has 4 atom stereocenters. The van der Waals surface area contributed by atoms with Gasteiger partial charge in [0.2, 0.25) is 5.91 Å². The minimum Gasteiger partial charge on any atom is -0.493 e. The quantitative estimate of drug-likeness (QED) is 0.840. The van der Waals surface area contributed by atoms with Gasteiger partial charge in [0, 0.05) is 13.1 Å². The molecular formula is C23H33NO4. The molecule has 1 amide bonds. The summed E-state index contributed by atoms with van der Waals surface area (Å²) >= 11 is 0. The zero-order valence-electron chi connectivity index (χ0n) is 17.3. The number of hydrogen-bond donors (Lipinski definition) is 1. The molecule has 1 aromatic carbocycles. The normalized spacial score (nSPS) is 30.9. The minimum absolute atomic E-state index is 0.134. The highest BCUT2D eigenvalue weighted by Crippen LogP contribution is 2.48. The highest BCUT2D eigenvalue weighted by Gasteiger charge is 2.49. The summed E-state index contributed by atoms with van der Waals surface area (Å²) in [4.78, 5) is 15.8. The molecule has 0 saturated heterocycles. The van der Waals surface area contributed by atoms with Crippen LogP contribution in [0, 0.1) is 11.8 Å². The maximum Gasteiger partial charge on any atom is 0.233 e. The Balaban J connectivity index is 1.58. The Hall–Kier alpha value is -1.75. The predicted molar refractivity (Wildman–Crippen MR) is 108 cm³/mol. The van der Waals surface area contributed by atoms with Gasteiger partial charge in [-0.1, -0.05) is 18.9 Å². The van der Waals surface area contributed by atoms with E-state index in [1.807, 2.05) is 30.1 Å². The van der Waals surface area contributed by atoms with Crippen molar-refractivity contribution in [2.24, 2.45) is 11.8 Å². The lowest BCUT2D eigenvalue weighted by Gasteiger charge is -2.36. The molecule has 0 spiro atoms. The Morgan fingerprint density at radius 3 is 2.21 bits per heavy atom. The fraction of sp³-hybridized carbons (Fsp3) is 0.696. The van der Waals surface area contributed by atoms with Crippen LogP contribution in [-0.2, 0) is 10.2 Å². The Bertz CT molecular complexity index is 713. The van der Waals surface area contributed by atoms with Gasteiger partial charge in [0.25, 0.3) is 0 Å². The molecular weight excluding hydrogens is 354 g/mol. The third kappa shape index (κ3) is 3.18. The van der Waals surface area contributed by atoms with E-state index >= 15 is 0 Å². The SMILES string of the molecule is COc1ccc(C2(C(=O)N(C)C3C[C@H]4CC(O)C[C@H]4C3)CCCC2)cc1OC. The van der Waals surface area contributed by atoms with Crippen molar-refractivity contribution in [2.75, 3.05) is 21.3 Å². The molecule has 1 aromatic rings. The van der Waals surface area contributed by atoms with Crippen LogP contribution in [0.2, 0.25) is 0 Å². The first kappa shape index (κ1) is 19.6. The van der Waals surface area contributed by atoms with E-state index in [4.69, 9.17) is 9.47 Å². The number of amides is 1. The van der Waals surface area contributed by atoms with Gasteiger partial charge in [-0.3, -0.25) is 4.79 Å². The molecule has 3 saturated carbocycles. The van der Waals surface area contributed by atoms with Crippen molar-refractivity contribution in [1.29, 1.82) is 0 Å². The molecule has 3 aliphatic carbocycles. The summed E-state index contributed by atoms with van der Waals surface area (Å²) in [5.74, 6) is 2.79. The zero-order valence-corrected chi connectivity index (χ0v) is 17.3. The van der Waals surface area contributed by atoms with E-state index in [1.165, 1.54) is 0 Å². The predicted octanol–water partition coefficient (Wildman–Crippen LogP) is 3.52. The van der Waals surface area contributed by atoms with Crippen LogP contribution in [-0.4, -0.2) is 49.3 Å². The average molecular weight is 388 g/mol. The van der Waals surface area contributed by atoms with Crippen molar-refractivity contribution < 1.29 is 19.4 Å². The number of ether oxygens (including phenoxy) is 2. The number of carbonyl (C=O) groups excluding carboxylic acids is 1. The van der Waals surface area contributed by atoms with Crippen LogP contribution in [0.15, 0.2) is 18.2 Å². The molecule has 2 unspecified atom stereocenters. The number of nitrogens with zero attached hydrogens (tertiary/aromatic N) is 1. The molecule has 0 aliphatic heterocycles. The van der Waals surface area contributed by atoms with Gasteiger partial charge in [-0.25, -0.2) is 0 Å². The topological polar surface area (TPSA) is 59.0 Å². The summed E-state index contributed by atoms with van der Waals surface area (Å²) < 4.78 is 10.9. The van der Waals surface area contributed by atoms with Crippen molar-refractivity contribution in [1.82, 2.24) is 4.90 Å². The van der Waals surface area contributed by atoms with Crippen LogP contribution in [0.5, 0.6) is 11.5 Å². The van der Waals surface area contributed by atoms with Crippen molar-refractivity contribution in [3.63, 3.8) is 0 Å².